The summed E-state index contributed by atoms with van der Waals surface area (Å²) in [6.07, 6.45) is 7.44. The summed E-state index contributed by atoms with van der Waals surface area (Å²) in [7, 11) is 0. The van der Waals surface area contributed by atoms with Crippen molar-refractivity contribution < 1.29 is 4.39 Å². The highest BCUT2D eigenvalue weighted by molar-refractivity contribution is 5.58. The van der Waals surface area contributed by atoms with Crippen LogP contribution >= 0.6 is 0 Å². The molecule has 1 aliphatic heterocycles. The Kier molecular flexibility index (Phi) is 5.02. The standard InChI is InChI=1S/C22H22FN3/c23-19-10-7-17(8-11-19)21-12-9-18(15-25-21)22-6-2-4-14-26(22)16-20-5-1-3-13-24-20/h1,3,5,7-13,15,22H,2,4,6,14,16H2/t22-/m0/s1. The SMILES string of the molecule is Fc1ccc(-c2ccc([C@@H]3CCCCN3Cc3ccccn3)cn2)cc1. The lowest BCUT2D eigenvalue weighted by Crippen LogP contribution is -2.33. The van der Waals surface area contributed by atoms with Gasteiger partial charge in [-0.25, -0.2) is 4.39 Å². The van der Waals surface area contributed by atoms with Crippen LogP contribution in [0.3, 0.4) is 0 Å². The minimum absolute atomic E-state index is 0.224. The van der Waals surface area contributed by atoms with E-state index < -0.39 is 0 Å². The average Bonchev–Trinajstić information content (AvgIpc) is 2.70. The van der Waals surface area contributed by atoms with Gasteiger partial charge in [0.15, 0.2) is 0 Å². The Morgan fingerprint density at radius 1 is 0.962 bits per heavy atom. The highest BCUT2D eigenvalue weighted by Crippen LogP contribution is 2.32. The maximum absolute atomic E-state index is 13.1. The number of benzene rings is 1. The summed E-state index contributed by atoms with van der Waals surface area (Å²) in [6.45, 7) is 1.95. The van der Waals surface area contributed by atoms with Crippen LogP contribution in [-0.4, -0.2) is 21.4 Å². The molecule has 0 unspecified atom stereocenters. The fraction of sp³-hybridized carbons (Fsp3) is 0.273. The van der Waals surface area contributed by atoms with Crippen molar-refractivity contribution >= 4 is 0 Å². The number of pyridine rings is 2. The summed E-state index contributed by atoms with van der Waals surface area (Å²) in [5.41, 5.74) is 4.16. The molecule has 1 atom stereocenters. The number of hydrogen-bond acceptors (Lipinski definition) is 3. The van der Waals surface area contributed by atoms with Crippen LogP contribution in [-0.2, 0) is 6.54 Å². The molecule has 3 aromatic rings. The highest BCUT2D eigenvalue weighted by Gasteiger charge is 2.24. The van der Waals surface area contributed by atoms with E-state index in [0.717, 1.165) is 36.5 Å². The van der Waals surface area contributed by atoms with Crippen LogP contribution in [0.2, 0.25) is 0 Å². The fourth-order valence-corrected chi connectivity index (χ4v) is 3.65. The smallest absolute Gasteiger partial charge is 0.123 e. The molecular weight excluding hydrogens is 325 g/mol. The quantitative estimate of drug-likeness (QED) is 0.664. The van der Waals surface area contributed by atoms with Crippen molar-refractivity contribution in [2.75, 3.05) is 6.54 Å². The van der Waals surface area contributed by atoms with Gasteiger partial charge in [-0.2, -0.15) is 0 Å². The van der Waals surface area contributed by atoms with Crippen LogP contribution in [0.5, 0.6) is 0 Å². The number of likely N-dealkylation sites (tertiary alicyclic amines) is 1. The van der Waals surface area contributed by atoms with E-state index in [4.69, 9.17) is 0 Å². The highest BCUT2D eigenvalue weighted by atomic mass is 19.1. The molecule has 0 bridgehead atoms. The van der Waals surface area contributed by atoms with Crippen molar-refractivity contribution in [2.45, 2.75) is 31.8 Å². The largest absolute Gasteiger partial charge is 0.290 e. The molecular formula is C22H22FN3. The van der Waals surface area contributed by atoms with Crippen molar-refractivity contribution in [3.63, 3.8) is 0 Å². The van der Waals surface area contributed by atoms with Crippen LogP contribution in [0.4, 0.5) is 4.39 Å². The van der Waals surface area contributed by atoms with Crippen molar-refractivity contribution in [2.24, 2.45) is 0 Å². The van der Waals surface area contributed by atoms with E-state index in [2.05, 4.69) is 27.0 Å². The van der Waals surface area contributed by atoms with Crippen LogP contribution in [0, 0.1) is 5.82 Å². The third kappa shape index (κ3) is 3.81. The molecule has 2 aromatic heterocycles. The lowest BCUT2D eigenvalue weighted by Gasteiger charge is -2.35. The molecule has 0 saturated carbocycles. The third-order valence-electron chi connectivity index (χ3n) is 5.02. The Morgan fingerprint density at radius 3 is 2.58 bits per heavy atom. The topological polar surface area (TPSA) is 29.0 Å². The minimum atomic E-state index is -0.224. The summed E-state index contributed by atoms with van der Waals surface area (Å²) >= 11 is 0. The van der Waals surface area contributed by atoms with Gasteiger partial charge in [-0.3, -0.25) is 14.9 Å². The minimum Gasteiger partial charge on any atom is -0.290 e. The van der Waals surface area contributed by atoms with Crippen molar-refractivity contribution in [3.8, 4) is 11.3 Å². The summed E-state index contributed by atoms with van der Waals surface area (Å²) in [5.74, 6) is -0.224. The molecule has 0 radical (unpaired) electrons. The van der Waals surface area contributed by atoms with Gasteiger partial charge in [0.05, 0.1) is 11.4 Å². The average molecular weight is 347 g/mol. The molecule has 26 heavy (non-hydrogen) atoms. The van der Waals surface area contributed by atoms with Crippen LogP contribution in [0.15, 0.2) is 67.0 Å². The van der Waals surface area contributed by atoms with E-state index in [1.165, 1.54) is 30.5 Å². The number of piperidine rings is 1. The van der Waals surface area contributed by atoms with Gasteiger partial charge in [-0.15, -0.1) is 0 Å². The molecule has 1 aliphatic rings. The molecule has 0 spiro atoms. The lowest BCUT2D eigenvalue weighted by atomic mass is 9.95. The number of aromatic nitrogens is 2. The van der Waals surface area contributed by atoms with Gasteiger partial charge in [-0.05, 0) is 67.4 Å². The number of nitrogens with zero attached hydrogens (tertiary/aromatic N) is 3. The first-order valence-corrected chi connectivity index (χ1v) is 9.15. The zero-order valence-corrected chi connectivity index (χ0v) is 14.7. The zero-order valence-electron chi connectivity index (χ0n) is 14.7. The van der Waals surface area contributed by atoms with E-state index in [-0.39, 0.29) is 5.82 Å². The van der Waals surface area contributed by atoms with E-state index in [1.54, 1.807) is 12.1 Å². The molecule has 3 nitrogen and oxygen atoms in total. The number of rotatable bonds is 4. The van der Waals surface area contributed by atoms with E-state index in [0.29, 0.717) is 6.04 Å². The zero-order chi connectivity index (χ0) is 17.8. The second-order valence-electron chi connectivity index (χ2n) is 6.79. The molecule has 0 aliphatic carbocycles. The molecule has 1 saturated heterocycles. The number of halogens is 1. The van der Waals surface area contributed by atoms with E-state index in [9.17, 15) is 4.39 Å². The first kappa shape index (κ1) is 16.9. The molecule has 4 heteroatoms. The second kappa shape index (κ2) is 7.75. The monoisotopic (exact) mass is 347 g/mol. The third-order valence-corrected chi connectivity index (χ3v) is 5.02. The predicted molar refractivity (Wildman–Crippen MR) is 101 cm³/mol. The van der Waals surface area contributed by atoms with Gasteiger partial charge in [0.25, 0.3) is 0 Å². The van der Waals surface area contributed by atoms with E-state index >= 15 is 0 Å². The predicted octanol–water partition coefficient (Wildman–Crippen LogP) is 5.01. The van der Waals surface area contributed by atoms with Crippen molar-refractivity contribution in [1.29, 1.82) is 0 Å². The van der Waals surface area contributed by atoms with Gasteiger partial charge in [-0.1, -0.05) is 18.6 Å². The Bertz CT molecular complexity index is 832. The van der Waals surface area contributed by atoms with Gasteiger partial charge in [0.2, 0.25) is 0 Å². The molecule has 4 rings (SSSR count). The molecule has 0 N–H and O–H groups in total. The second-order valence-corrected chi connectivity index (χ2v) is 6.79. The number of hydrogen-bond donors (Lipinski definition) is 0. The summed E-state index contributed by atoms with van der Waals surface area (Å²) in [4.78, 5) is 11.6. The fourth-order valence-electron chi connectivity index (χ4n) is 3.65. The Balaban J connectivity index is 1.53. The van der Waals surface area contributed by atoms with Gasteiger partial charge in [0.1, 0.15) is 5.82 Å². The molecule has 132 valence electrons. The van der Waals surface area contributed by atoms with Gasteiger partial charge in [0, 0.05) is 30.5 Å². The lowest BCUT2D eigenvalue weighted by molar-refractivity contribution is 0.138. The van der Waals surface area contributed by atoms with Crippen molar-refractivity contribution in [1.82, 2.24) is 14.9 Å². The van der Waals surface area contributed by atoms with E-state index in [1.807, 2.05) is 30.6 Å². The molecule has 0 amide bonds. The maximum atomic E-state index is 13.1. The molecule has 1 fully saturated rings. The Hall–Kier alpha value is -2.59. The maximum Gasteiger partial charge on any atom is 0.123 e. The summed E-state index contributed by atoms with van der Waals surface area (Å²) < 4.78 is 13.1. The first-order chi connectivity index (χ1) is 12.8. The van der Waals surface area contributed by atoms with Gasteiger partial charge < -0.3 is 0 Å². The van der Waals surface area contributed by atoms with Crippen LogP contribution < -0.4 is 0 Å². The van der Waals surface area contributed by atoms with Crippen molar-refractivity contribution in [3.05, 3.63) is 84.1 Å². The first-order valence-electron chi connectivity index (χ1n) is 9.15. The van der Waals surface area contributed by atoms with Gasteiger partial charge >= 0.3 is 0 Å². The molecule has 3 heterocycles. The van der Waals surface area contributed by atoms with Crippen LogP contribution in [0.25, 0.3) is 11.3 Å². The Morgan fingerprint density at radius 2 is 1.85 bits per heavy atom. The van der Waals surface area contributed by atoms with Crippen LogP contribution in [0.1, 0.15) is 36.6 Å². The Labute approximate surface area is 153 Å². The summed E-state index contributed by atoms with van der Waals surface area (Å²) in [6, 6.07) is 17.1. The summed E-state index contributed by atoms with van der Waals surface area (Å²) in [5, 5.41) is 0. The normalized spacial score (nSPS) is 18.0. The molecule has 1 aromatic carbocycles.